The molecule has 2 saturated heterocycles. The summed E-state index contributed by atoms with van der Waals surface area (Å²) in [5.41, 5.74) is 0.627. The topological polar surface area (TPSA) is 15.3 Å². The highest BCUT2D eigenvalue weighted by atomic mass is 15.2. The van der Waals surface area contributed by atoms with Crippen molar-refractivity contribution in [3.8, 4) is 0 Å². The zero-order chi connectivity index (χ0) is 11.6. The first-order valence-electron chi connectivity index (χ1n) is 7.09. The van der Waals surface area contributed by atoms with Gasteiger partial charge in [-0.25, -0.2) is 0 Å². The molecule has 2 aliphatic rings. The maximum atomic E-state index is 3.56. The van der Waals surface area contributed by atoms with Crippen LogP contribution in [-0.4, -0.2) is 37.1 Å². The lowest BCUT2D eigenvalue weighted by Crippen LogP contribution is -2.53. The monoisotopic (exact) mass is 224 g/mol. The minimum Gasteiger partial charge on any atom is -0.315 e. The van der Waals surface area contributed by atoms with Gasteiger partial charge in [0, 0.05) is 12.6 Å². The van der Waals surface area contributed by atoms with Crippen molar-refractivity contribution in [2.75, 3.05) is 26.2 Å². The van der Waals surface area contributed by atoms with Gasteiger partial charge in [-0.05, 0) is 50.2 Å². The van der Waals surface area contributed by atoms with Crippen LogP contribution in [0.1, 0.15) is 46.5 Å². The minimum absolute atomic E-state index is 0.627. The third kappa shape index (κ3) is 2.60. The summed E-state index contributed by atoms with van der Waals surface area (Å²) in [5, 5.41) is 3.56. The van der Waals surface area contributed by atoms with Gasteiger partial charge in [0.05, 0.1) is 0 Å². The molecule has 2 fully saturated rings. The summed E-state index contributed by atoms with van der Waals surface area (Å²) in [5.74, 6) is 0.882. The number of nitrogens with zero attached hydrogens (tertiary/aromatic N) is 1. The lowest BCUT2D eigenvalue weighted by molar-refractivity contribution is 0.0493. The number of hydrogen-bond acceptors (Lipinski definition) is 2. The highest BCUT2D eigenvalue weighted by Crippen LogP contribution is 2.35. The molecule has 0 saturated carbocycles. The van der Waals surface area contributed by atoms with E-state index in [0.29, 0.717) is 5.41 Å². The molecule has 0 spiro atoms. The third-order valence-electron chi connectivity index (χ3n) is 5.11. The second kappa shape index (κ2) is 5.05. The van der Waals surface area contributed by atoms with Gasteiger partial charge in [-0.3, -0.25) is 4.90 Å². The summed E-state index contributed by atoms with van der Waals surface area (Å²) in [4.78, 5) is 2.74. The molecule has 2 nitrogen and oxygen atoms in total. The van der Waals surface area contributed by atoms with Crippen molar-refractivity contribution >= 4 is 0 Å². The normalized spacial score (nSPS) is 36.2. The molecule has 2 aliphatic heterocycles. The Bertz CT molecular complexity index is 219. The molecule has 0 amide bonds. The number of nitrogens with one attached hydrogen (secondary N) is 1. The fraction of sp³-hybridized carbons (Fsp3) is 1.00. The summed E-state index contributed by atoms with van der Waals surface area (Å²) < 4.78 is 0. The fourth-order valence-corrected chi connectivity index (χ4v) is 3.21. The Hall–Kier alpha value is -0.0800. The van der Waals surface area contributed by atoms with Crippen LogP contribution in [0.5, 0.6) is 0 Å². The molecule has 0 aromatic carbocycles. The van der Waals surface area contributed by atoms with Crippen LogP contribution in [-0.2, 0) is 0 Å². The van der Waals surface area contributed by atoms with Gasteiger partial charge < -0.3 is 5.32 Å². The first kappa shape index (κ1) is 12.4. The predicted molar refractivity (Wildman–Crippen MR) is 69.6 cm³/mol. The largest absolute Gasteiger partial charge is 0.315 e. The van der Waals surface area contributed by atoms with Crippen LogP contribution in [0.15, 0.2) is 0 Å². The Balaban J connectivity index is 1.88. The van der Waals surface area contributed by atoms with Crippen LogP contribution in [0, 0.1) is 11.3 Å². The maximum Gasteiger partial charge on any atom is 0.0246 e. The average molecular weight is 224 g/mol. The molecular weight excluding hydrogens is 196 g/mol. The second-order valence-electron chi connectivity index (χ2n) is 6.24. The molecule has 2 unspecified atom stereocenters. The summed E-state index contributed by atoms with van der Waals surface area (Å²) in [7, 11) is 0. The zero-order valence-electron chi connectivity index (χ0n) is 11.3. The summed E-state index contributed by atoms with van der Waals surface area (Å²) in [6.07, 6.45) is 5.49. The van der Waals surface area contributed by atoms with Crippen LogP contribution < -0.4 is 5.32 Å². The number of piperidine rings is 2. The van der Waals surface area contributed by atoms with Crippen molar-refractivity contribution in [3.63, 3.8) is 0 Å². The molecule has 2 heteroatoms. The number of likely N-dealkylation sites (tertiary alicyclic amines) is 1. The van der Waals surface area contributed by atoms with E-state index in [1.54, 1.807) is 0 Å². The quantitative estimate of drug-likeness (QED) is 0.775. The van der Waals surface area contributed by atoms with Crippen molar-refractivity contribution in [1.29, 1.82) is 0 Å². The van der Waals surface area contributed by atoms with Gasteiger partial charge >= 0.3 is 0 Å². The van der Waals surface area contributed by atoms with Crippen molar-refractivity contribution in [2.45, 2.75) is 52.5 Å². The molecule has 0 radical (unpaired) electrons. The molecule has 94 valence electrons. The van der Waals surface area contributed by atoms with Gasteiger partial charge in [0.2, 0.25) is 0 Å². The molecule has 16 heavy (non-hydrogen) atoms. The highest BCUT2D eigenvalue weighted by molar-refractivity contribution is 4.89. The van der Waals surface area contributed by atoms with Crippen LogP contribution in [0.25, 0.3) is 0 Å². The zero-order valence-corrected chi connectivity index (χ0v) is 11.3. The summed E-state index contributed by atoms with van der Waals surface area (Å²) in [6, 6.07) is 0.801. The lowest BCUT2D eigenvalue weighted by Gasteiger charge is -2.45. The Morgan fingerprint density at radius 3 is 2.56 bits per heavy atom. The Kier molecular flexibility index (Phi) is 3.91. The van der Waals surface area contributed by atoms with Crippen molar-refractivity contribution in [1.82, 2.24) is 10.2 Å². The number of hydrogen-bond donors (Lipinski definition) is 1. The van der Waals surface area contributed by atoms with E-state index in [1.807, 2.05) is 0 Å². The first-order chi connectivity index (χ1) is 7.64. The maximum absolute atomic E-state index is 3.56. The third-order valence-corrected chi connectivity index (χ3v) is 5.11. The minimum atomic E-state index is 0.627. The van der Waals surface area contributed by atoms with Gasteiger partial charge in [-0.2, -0.15) is 0 Å². The van der Waals surface area contributed by atoms with E-state index in [9.17, 15) is 0 Å². The average Bonchev–Trinajstić information content (AvgIpc) is 2.31. The molecular formula is C14H28N2. The first-order valence-corrected chi connectivity index (χ1v) is 7.09. The standard InChI is InChI=1S/C14H28N2/c1-4-14(3)6-9-16(10-7-14)13-11-15-8-5-12(13)2/h12-13,15H,4-11H2,1-3H3. The molecule has 2 atom stereocenters. The molecule has 2 rings (SSSR count). The Labute approximate surface area is 101 Å². The molecule has 0 bridgehead atoms. The Morgan fingerprint density at radius 2 is 2.00 bits per heavy atom. The van der Waals surface area contributed by atoms with Gasteiger partial charge in [0.15, 0.2) is 0 Å². The number of rotatable bonds is 2. The van der Waals surface area contributed by atoms with E-state index >= 15 is 0 Å². The lowest BCUT2D eigenvalue weighted by atomic mass is 9.77. The van der Waals surface area contributed by atoms with Crippen LogP contribution in [0.2, 0.25) is 0 Å². The van der Waals surface area contributed by atoms with E-state index in [2.05, 4.69) is 31.0 Å². The van der Waals surface area contributed by atoms with E-state index in [-0.39, 0.29) is 0 Å². The van der Waals surface area contributed by atoms with Crippen LogP contribution >= 0.6 is 0 Å². The van der Waals surface area contributed by atoms with Gasteiger partial charge in [0.25, 0.3) is 0 Å². The Morgan fingerprint density at radius 1 is 1.31 bits per heavy atom. The predicted octanol–water partition coefficient (Wildman–Crippen LogP) is 2.50. The van der Waals surface area contributed by atoms with E-state index in [0.717, 1.165) is 12.0 Å². The van der Waals surface area contributed by atoms with Crippen molar-refractivity contribution < 1.29 is 0 Å². The molecule has 0 aliphatic carbocycles. The van der Waals surface area contributed by atoms with E-state index < -0.39 is 0 Å². The highest BCUT2D eigenvalue weighted by Gasteiger charge is 2.33. The van der Waals surface area contributed by atoms with Gasteiger partial charge in [-0.15, -0.1) is 0 Å². The second-order valence-corrected chi connectivity index (χ2v) is 6.24. The molecule has 2 heterocycles. The SMILES string of the molecule is CCC1(C)CCN(C2CNCCC2C)CC1. The van der Waals surface area contributed by atoms with Gasteiger partial charge in [-0.1, -0.05) is 27.2 Å². The smallest absolute Gasteiger partial charge is 0.0246 e. The molecule has 1 N–H and O–H groups in total. The fourth-order valence-electron chi connectivity index (χ4n) is 3.21. The molecule has 0 aromatic rings. The van der Waals surface area contributed by atoms with Crippen molar-refractivity contribution in [2.24, 2.45) is 11.3 Å². The van der Waals surface area contributed by atoms with E-state index in [4.69, 9.17) is 0 Å². The van der Waals surface area contributed by atoms with Crippen molar-refractivity contribution in [3.05, 3.63) is 0 Å². The van der Waals surface area contributed by atoms with Crippen LogP contribution in [0.4, 0.5) is 0 Å². The van der Waals surface area contributed by atoms with Crippen LogP contribution in [0.3, 0.4) is 0 Å². The summed E-state index contributed by atoms with van der Waals surface area (Å²) >= 11 is 0. The molecule has 0 aromatic heterocycles. The van der Waals surface area contributed by atoms with E-state index in [1.165, 1.54) is 51.9 Å². The summed E-state index contributed by atoms with van der Waals surface area (Å²) in [6.45, 7) is 12.3. The van der Waals surface area contributed by atoms with Gasteiger partial charge in [0.1, 0.15) is 0 Å².